The van der Waals surface area contributed by atoms with Crippen molar-refractivity contribution in [2.75, 3.05) is 0 Å². The second-order valence-corrected chi connectivity index (χ2v) is 6.58. The van der Waals surface area contributed by atoms with E-state index in [4.69, 9.17) is 4.74 Å². The summed E-state index contributed by atoms with van der Waals surface area (Å²) in [7, 11) is 0. The maximum atomic E-state index is 15.0. The molecule has 0 radical (unpaired) electrons. The summed E-state index contributed by atoms with van der Waals surface area (Å²) in [5.41, 5.74) is 0.0203. The zero-order valence-electron chi connectivity index (χ0n) is 11.8. The third-order valence-electron chi connectivity index (χ3n) is 4.92. The Morgan fingerprint density at radius 3 is 2.68 bits per heavy atom. The van der Waals surface area contributed by atoms with E-state index in [1.165, 1.54) is 0 Å². The first-order chi connectivity index (χ1) is 9.06. The smallest absolute Gasteiger partial charge is 0.116 e. The zero-order chi connectivity index (χ0) is 13.5. The summed E-state index contributed by atoms with van der Waals surface area (Å²) in [5, 5.41) is 0. The topological polar surface area (TPSA) is 9.23 Å². The largest absolute Gasteiger partial charge is 0.370 e. The molecule has 19 heavy (non-hydrogen) atoms. The highest BCUT2D eigenvalue weighted by Crippen LogP contribution is 2.49. The van der Waals surface area contributed by atoms with Crippen LogP contribution < -0.4 is 0 Å². The molecular formula is C17H23FO. The Bertz CT molecular complexity index is 428. The minimum absolute atomic E-state index is 0.0808. The summed E-state index contributed by atoms with van der Waals surface area (Å²) in [6.07, 6.45) is 3.63. The van der Waals surface area contributed by atoms with Crippen molar-refractivity contribution in [3.8, 4) is 0 Å². The molecule has 104 valence electrons. The molecule has 1 heterocycles. The van der Waals surface area contributed by atoms with Gasteiger partial charge in [-0.05, 0) is 31.2 Å². The number of ether oxygens (including phenoxy) is 1. The van der Waals surface area contributed by atoms with Gasteiger partial charge in [0, 0.05) is 12.3 Å². The van der Waals surface area contributed by atoms with Gasteiger partial charge in [0.2, 0.25) is 0 Å². The number of halogens is 1. The van der Waals surface area contributed by atoms with Crippen LogP contribution in [0.2, 0.25) is 0 Å². The molecule has 0 N–H and O–H groups in total. The molecule has 0 unspecified atom stereocenters. The lowest BCUT2D eigenvalue weighted by Gasteiger charge is -2.48. The van der Waals surface area contributed by atoms with Crippen molar-refractivity contribution in [3.63, 3.8) is 0 Å². The van der Waals surface area contributed by atoms with Crippen LogP contribution in [0.3, 0.4) is 0 Å². The first-order valence-corrected chi connectivity index (χ1v) is 7.45. The van der Waals surface area contributed by atoms with Crippen LogP contribution in [0.4, 0.5) is 4.39 Å². The fourth-order valence-corrected chi connectivity index (χ4v) is 3.80. The Morgan fingerprint density at radius 1 is 1.21 bits per heavy atom. The van der Waals surface area contributed by atoms with Crippen LogP contribution in [0, 0.1) is 11.8 Å². The lowest BCUT2D eigenvalue weighted by atomic mass is 9.69. The molecule has 3 rings (SSSR count). The molecule has 1 aliphatic heterocycles. The number of fused-ring (bicyclic) bond motifs is 1. The number of hydrogen-bond donors (Lipinski definition) is 0. The molecule has 0 amide bonds. The van der Waals surface area contributed by atoms with E-state index in [1.54, 1.807) is 6.92 Å². The van der Waals surface area contributed by atoms with Crippen molar-refractivity contribution >= 4 is 0 Å². The second-order valence-electron chi connectivity index (χ2n) is 6.58. The fraction of sp³-hybridized carbons (Fsp3) is 0.647. The Hall–Kier alpha value is -0.890. The lowest BCUT2D eigenvalue weighted by molar-refractivity contribution is -0.171. The average molecular weight is 262 g/mol. The van der Waals surface area contributed by atoms with Crippen molar-refractivity contribution in [2.45, 2.75) is 57.4 Å². The van der Waals surface area contributed by atoms with Gasteiger partial charge in [0.05, 0.1) is 12.2 Å². The predicted molar refractivity (Wildman–Crippen MR) is 74.7 cm³/mol. The van der Waals surface area contributed by atoms with Crippen LogP contribution >= 0.6 is 0 Å². The summed E-state index contributed by atoms with van der Waals surface area (Å²) in [6.45, 7) is 4.03. The first kappa shape index (κ1) is 13.1. The van der Waals surface area contributed by atoms with Crippen LogP contribution in [0.5, 0.6) is 0 Å². The van der Waals surface area contributed by atoms with Crippen molar-refractivity contribution < 1.29 is 9.13 Å². The van der Waals surface area contributed by atoms with E-state index >= 15 is 0 Å². The third kappa shape index (κ3) is 2.55. The molecule has 1 nitrogen and oxygen atoms in total. The van der Waals surface area contributed by atoms with E-state index in [0.29, 0.717) is 12.3 Å². The first-order valence-electron chi connectivity index (χ1n) is 7.45. The van der Waals surface area contributed by atoms with Gasteiger partial charge < -0.3 is 4.74 Å². The highest BCUT2D eigenvalue weighted by molar-refractivity contribution is 5.19. The van der Waals surface area contributed by atoms with Gasteiger partial charge in [0.15, 0.2) is 0 Å². The lowest BCUT2D eigenvalue weighted by Crippen LogP contribution is -2.49. The monoisotopic (exact) mass is 262 g/mol. The van der Waals surface area contributed by atoms with Crippen molar-refractivity contribution in [2.24, 2.45) is 11.8 Å². The van der Waals surface area contributed by atoms with Crippen LogP contribution in [-0.4, -0.2) is 11.8 Å². The molecule has 5 atom stereocenters. The summed E-state index contributed by atoms with van der Waals surface area (Å²) in [5.74, 6) is 0.746. The van der Waals surface area contributed by atoms with Crippen LogP contribution in [0.1, 0.15) is 51.2 Å². The minimum Gasteiger partial charge on any atom is -0.370 e. The minimum atomic E-state index is -1.09. The van der Waals surface area contributed by atoms with Gasteiger partial charge in [-0.25, -0.2) is 4.39 Å². The Morgan fingerprint density at radius 2 is 1.95 bits per heavy atom. The summed E-state index contributed by atoms with van der Waals surface area (Å²) < 4.78 is 21.2. The number of benzene rings is 1. The van der Waals surface area contributed by atoms with E-state index < -0.39 is 5.67 Å². The van der Waals surface area contributed by atoms with E-state index in [2.05, 4.69) is 6.92 Å². The Kier molecular flexibility index (Phi) is 3.38. The molecular weight excluding hydrogens is 239 g/mol. The van der Waals surface area contributed by atoms with E-state index in [0.717, 1.165) is 24.8 Å². The molecule has 1 aromatic rings. The highest BCUT2D eigenvalue weighted by atomic mass is 19.1. The second kappa shape index (κ2) is 4.90. The molecule has 0 spiro atoms. The Balaban J connectivity index is 1.83. The van der Waals surface area contributed by atoms with Crippen molar-refractivity contribution in [3.05, 3.63) is 35.9 Å². The molecule has 2 fully saturated rings. The molecule has 1 saturated heterocycles. The van der Waals surface area contributed by atoms with Gasteiger partial charge in [-0.15, -0.1) is 0 Å². The normalized spacial score (nSPS) is 42.7. The van der Waals surface area contributed by atoms with Crippen molar-refractivity contribution in [1.82, 2.24) is 0 Å². The molecule has 1 aromatic carbocycles. The van der Waals surface area contributed by atoms with Crippen LogP contribution in [0.15, 0.2) is 30.3 Å². The summed E-state index contributed by atoms with van der Waals surface area (Å²) in [4.78, 5) is 0. The molecule has 0 bridgehead atoms. The average Bonchev–Trinajstić information content (AvgIpc) is 2.38. The quantitative estimate of drug-likeness (QED) is 0.714. The maximum absolute atomic E-state index is 15.0. The number of hydrogen-bond acceptors (Lipinski definition) is 1. The summed E-state index contributed by atoms with van der Waals surface area (Å²) >= 11 is 0. The van der Waals surface area contributed by atoms with Gasteiger partial charge in [-0.2, -0.15) is 0 Å². The summed E-state index contributed by atoms with van der Waals surface area (Å²) in [6, 6.07) is 10.1. The molecule has 1 aliphatic carbocycles. The van der Waals surface area contributed by atoms with E-state index in [1.807, 2.05) is 30.3 Å². The van der Waals surface area contributed by atoms with E-state index in [9.17, 15) is 4.39 Å². The van der Waals surface area contributed by atoms with Gasteiger partial charge in [0.1, 0.15) is 5.67 Å². The number of rotatable bonds is 1. The molecule has 0 aromatic heterocycles. The van der Waals surface area contributed by atoms with Gasteiger partial charge in [-0.1, -0.05) is 43.7 Å². The third-order valence-corrected chi connectivity index (χ3v) is 4.92. The fourth-order valence-electron chi connectivity index (χ4n) is 3.80. The molecule has 1 saturated carbocycles. The highest BCUT2D eigenvalue weighted by Gasteiger charge is 2.49. The van der Waals surface area contributed by atoms with Gasteiger partial charge in [0.25, 0.3) is 0 Å². The standard InChI is InChI=1S/C17H23FO/c1-12-8-9-14-15(10-12)19-16(11-17(14,2)18)13-6-4-3-5-7-13/h3-7,12,14-16H,8-11H2,1-2H3/t12-,14-,15-,16-,17+/m1/s1. The predicted octanol–water partition coefficient (Wildman–Crippen LogP) is 4.68. The molecule has 2 heteroatoms. The Labute approximate surface area is 115 Å². The van der Waals surface area contributed by atoms with E-state index in [-0.39, 0.29) is 18.1 Å². The maximum Gasteiger partial charge on any atom is 0.116 e. The van der Waals surface area contributed by atoms with Gasteiger partial charge >= 0.3 is 0 Å². The number of alkyl halides is 1. The van der Waals surface area contributed by atoms with Crippen LogP contribution in [0.25, 0.3) is 0 Å². The van der Waals surface area contributed by atoms with Crippen LogP contribution in [-0.2, 0) is 4.74 Å². The van der Waals surface area contributed by atoms with Crippen molar-refractivity contribution in [1.29, 1.82) is 0 Å². The molecule has 2 aliphatic rings. The zero-order valence-corrected chi connectivity index (χ0v) is 11.8. The van der Waals surface area contributed by atoms with Gasteiger partial charge in [-0.3, -0.25) is 0 Å². The SMILES string of the molecule is C[C@@H]1CC[C@@H]2[C@@H](C1)O[C@@H](c1ccccc1)C[C@]2(C)F.